The SMILES string of the molecule is CC(C)(N)Cc1nc(-c2ccc3c(c2)OCCO3)cs1. The van der Waals surface area contributed by atoms with Crippen molar-refractivity contribution in [1.29, 1.82) is 0 Å². The van der Waals surface area contributed by atoms with Crippen LogP contribution in [-0.2, 0) is 6.42 Å². The van der Waals surface area contributed by atoms with Crippen LogP contribution in [0.15, 0.2) is 23.6 Å². The number of aromatic nitrogens is 1. The lowest BCUT2D eigenvalue weighted by Crippen LogP contribution is -2.34. The van der Waals surface area contributed by atoms with E-state index in [1.54, 1.807) is 11.3 Å². The van der Waals surface area contributed by atoms with Gasteiger partial charge in [0, 0.05) is 22.9 Å². The molecule has 1 aromatic heterocycles. The standard InChI is InChI=1S/C15H18N2O2S/c1-15(2,16)8-14-17-11(9-20-14)10-3-4-12-13(7-10)19-6-5-18-12/h3-4,7,9H,5-6,8,16H2,1-2H3. The molecule has 2 aromatic rings. The first-order chi connectivity index (χ1) is 9.51. The average molecular weight is 290 g/mol. The Hall–Kier alpha value is -1.59. The molecule has 0 fully saturated rings. The summed E-state index contributed by atoms with van der Waals surface area (Å²) in [7, 11) is 0. The molecule has 0 atom stereocenters. The van der Waals surface area contributed by atoms with E-state index in [1.807, 2.05) is 32.0 Å². The van der Waals surface area contributed by atoms with Gasteiger partial charge in [-0.1, -0.05) is 0 Å². The summed E-state index contributed by atoms with van der Waals surface area (Å²) in [5, 5.41) is 3.12. The number of thiazole rings is 1. The van der Waals surface area contributed by atoms with Crippen LogP contribution < -0.4 is 15.2 Å². The van der Waals surface area contributed by atoms with E-state index in [0.717, 1.165) is 34.2 Å². The highest BCUT2D eigenvalue weighted by Gasteiger charge is 2.16. The number of hydrogen-bond donors (Lipinski definition) is 1. The molecule has 0 radical (unpaired) electrons. The lowest BCUT2D eigenvalue weighted by Gasteiger charge is -2.18. The van der Waals surface area contributed by atoms with Crippen LogP contribution in [0.4, 0.5) is 0 Å². The summed E-state index contributed by atoms with van der Waals surface area (Å²) in [6.45, 7) is 5.23. The Morgan fingerprint density at radius 2 is 2.00 bits per heavy atom. The molecule has 0 bridgehead atoms. The van der Waals surface area contributed by atoms with Crippen molar-refractivity contribution in [1.82, 2.24) is 4.98 Å². The lowest BCUT2D eigenvalue weighted by molar-refractivity contribution is 0.171. The molecule has 4 nitrogen and oxygen atoms in total. The predicted molar refractivity (Wildman–Crippen MR) is 80.5 cm³/mol. The second kappa shape index (κ2) is 5.07. The van der Waals surface area contributed by atoms with Crippen molar-refractivity contribution in [2.45, 2.75) is 25.8 Å². The smallest absolute Gasteiger partial charge is 0.162 e. The van der Waals surface area contributed by atoms with Crippen molar-refractivity contribution >= 4 is 11.3 Å². The van der Waals surface area contributed by atoms with Crippen molar-refractivity contribution in [3.63, 3.8) is 0 Å². The van der Waals surface area contributed by atoms with Gasteiger partial charge in [0.1, 0.15) is 13.2 Å². The minimum Gasteiger partial charge on any atom is -0.486 e. The number of nitrogens with zero attached hydrogens (tertiary/aromatic N) is 1. The second-order valence-corrected chi connectivity index (χ2v) is 6.59. The highest BCUT2D eigenvalue weighted by atomic mass is 32.1. The van der Waals surface area contributed by atoms with Gasteiger partial charge in [0.15, 0.2) is 11.5 Å². The highest BCUT2D eigenvalue weighted by Crippen LogP contribution is 2.34. The number of fused-ring (bicyclic) bond motifs is 1. The largest absolute Gasteiger partial charge is 0.486 e. The third-order valence-corrected chi connectivity index (χ3v) is 3.85. The van der Waals surface area contributed by atoms with Gasteiger partial charge in [-0.25, -0.2) is 4.98 Å². The van der Waals surface area contributed by atoms with Gasteiger partial charge in [-0.05, 0) is 32.0 Å². The van der Waals surface area contributed by atoms with E-state index >= 15 is 0 Å². The van der Waals surface area contributed by atoms with Gasteiger partial charge in [0.2, 0.25) is 0 Å². The predicted octanol–water partition coefficient (Wildman–Crippen LogP) is 2.86. The number of hydrogen-bond acceptors (Lipinski definition) is 5. The molecule has 106 valence electrons. The highest BCUT2D eigenvalue weighted by molar-refractivity contribution is 7.09. The van der Waals surface area contributed by atoms with Gasteiger partial charge in [-0.3, -0.25) is 0 Å². The molecule has 2 N–H and O–H groups in total. The number of rotatable bonds is 3. The molecule has 0 saturated heterocycles. The number of ether oxygens (including phenoxy) is 2. The van der Waals surface area contributed by atoms with Gasteiger partial charge >= 0.3 is 0 Å². The second-order valence-electron chi connectivity index (χ2n) is 5.65. The maximum Gasteiger partial charge on any atom is 0.162 e. The van der Waals surface area contributed by atoms with Gasteiger partial charge in [0.05, 0.1) is 10.7 Å². The Kier molecular flexibility index (Phi) is 3.40. The molecule has 0 saturated carbocycles. The molecule has 2 heterocycles. The Balaban J connectivity index is 1.86. The third kappa shape index (κ3) is 2.94. The molecule has 1 aliphatic rings. The van der Waals surface area contributed by atoms with Gasteiger partial charge < -0.3 is 15.2 Å². The van der Waals surface area contributed by atoms with Crippen molar-refractivity contribution in [2.24, 2.45) is 5.73 Å². The minimum absolute atomic E-state index is 0.234. The Morgan fingerprint density at radius 3 is 2.75 bits per heavy atom. The average Bonchev–Trinajstić information content (AvgIpc) is 2.84. The maximum absolute atomic E-state index is 6.04. The first-order valence-corrected chi connectivity index (χ1v) is 7.52. The van der Waals surface area contributed by atoms with Crippen molar-refractivity contribution in [3.05, 3.63) is 28.6 Å². The first kappa shape index (κ1) is 13.4. The van der Waals surface area contributed by atoms with Gasteiger partial charge in [-0.15, -0.1) is 11.3 Å². The molecule has 20 heavy (non-hydrogen) atoms. The maximum atomic E-state index is 6.04. The molecule has 0 aliphatic carbocycles. The van der Waals surface area contributed by atoms with E-state index < -0.39 is 0 Å². The van der Waals surface area contributed by atoms with E-state index in [2.05, 4.69) is 10.4 Å². The fraction of sp³-hybridized carbons (Fsp3) is 0.400. The van der Waals surface area contributed by atoms with Gasteiger partial charge in [0.25, 0.3) is 0 Å². The van der Waals surface area contributed by atoms with Crippen molar-refractivity contribution < 1.29 is 9.47 Å². The van der Waals surface area contributed by atoms with Crippen LogP contribution in [0.2, 0.25) is 0 Å². The van der Waals surface area contributed by atoms with Crippen LogP contribution in [0.1, 0.15) is 18.9 Å². The van der Waals surface area contributed by atoms with Crippen molar-refractivity contribution in [3.8, 4) is 22.8 Å². The van der Waals surface area contributed by atoms with E-state index in [9.17, 15) is 0 Å². The molecule has 0 spiro atoms. The fourth-order valence-electron chi connectivity index (χ4n) is 2.12. The summed E-state index contributed by atoms with van der Waals surface area (Å²) >= 11 is 1.65. The van der Waals surface area contributed by atoms with E-state index in [4.69, 9.17) is 15.2 Å². The normalized spacial score (nSPS) is 14.3. The zero-order valence-corrected chi connectivity index (χ0v) is 12.5. The van der Waals surface area contributed by atoms with Crippen LogP contribution in [0.3, 0.4) is 0 Å². The fourth-order valence-corrected chi connectivity index (χ4v) is 3.16. The van der Waals surface area contributed by atoms with E-state index in [-0.39, 0.29) is 5.54 Å². The van der Waals surface area contributed by atoms with Crippen LogP contribution >= 0.6 is 11.3 Å². The topological polar surface area (TPSA) is 57.4 Å². The summed E-state index contributed by atoms with van der Waals surface area (Å²) < 4.78 is 11.1. The Labute approximate surface area is 122 Å². The Morgan fingerprint density at radius 1 is 1.25 bits per heavy atom. The summed E-state index contributed by atoms with van der Waals surface area (Å²) in [6, 6.07) is 5.94. The summed E-state index contributed by atoms with van der Waals surface area (Å²) in [4.78, 5) is 4.66. The molecule has 0 unspecified atom stereocenters. The number of benzene rings is 1. The molecular weight excluding hydrogens is 272 g/mol. The minimum atomic E-state index is -0.234. The zero-order valence-electron chi connectivity index (χ0n) is 11.7. The summed E-state index contributed by atoms with van der Waals surface area (Å²) in [5.74, 6) is 1.60. The van der Waals surface area contributed by atoms with Crippen molar-refractivity contribution in [2.75, 3.05) is 13.2 Å². The molecule has 0 amide bonds. The quantitative estimate of drug-likeness (QED) is 0.944. The number of nitrogens with two attached hydrogens (primary N) is 1. The Bertz CT molecular complexity index is 617. The zero-order chi connectivity index (χ0) is 14.2. The monoisotopic (exact) mass is 290 g/mol. The van der Waals surface area contributed by atoms with Crippen LogP contribution in [0.5, 0.6) is 11.5 Å². The van der Waals surface area contributed by atoms with Gasteiger partial charge in [-0.2, -0.15) is 0 Å². The van der Waals surface area contributed by atoms with E-state index in [1.165, 1.54) is 0 Å². The third-order valence-electron chi connectivity index (χ3n) is 3.00. The molecule has 1 aliphatic heterocycles. The lowest BCUT2D eigenvalue weighted by atomic mass is 10.0. The van der Waals surface area contributed by atoms with Crippen LogP contribution in [-0.4, -0.2) is 23.7 Å². The summed E-state index contributed by atoms with van der Waals surface area (Å²) in [6.07, 6.45) is 0.780. The first-order valence-electron chi connectivity index (χ1n) is 6.65. The van der Waals surface area contributed by atoms with Crippen LogP contribution in [0, 0.1) is 0 Å². The van der Waals surface area contributed by atoms with E-state index in [0.29, 0.717) is 13.2 Å². The molecular formula is C15H18N2O2S. The molecule has 1 aromatic carbocycles. The summed E-state index contributed by atoms with van der Waals surface area (Å²) in [5.41, 5.74) is 7.81. The molecule has 5 heteroatoms. The molecule has 3 rings (SSSR count). The van der Waals surface area contributed by atoms with Crippen LogP contribution in [0.25, 0.3) is 11.3 Å².